The summed E-state index contributed by atoms with van der Waals surface area (Å²) in [6.07, 6.45) is 4.21. The van der Waals surface area contributed by atoms with Gasteiger partial charge in [0.2, 0.25) is 0 Å². The van der Waals surface area contributed by atoms with Gasteiger partial charge in [0.15, 0.2) is 0 Å². The number of nitrogens with zero attached hydrogens (tertiary/aromatic N) is 3. The highest BCUT2D eigenvalue weighted by atomic mass is 16.4. The molecule has 17 heavy (non-hydrogen) atoms. The highest BCUT2D eigenvalue weighted by molar-refractivity contribution is 5.91. The number of carbonyl (C=O) groups excluding carboxylic acids is 1. The van der Waals surface area contributed by atoms with Gasteiger partial charge in [-0.05, 0) is 13.8 Å². The van der Waals surface area contributed by atoms with E-state index in [0.717, 1.165) is 0 Å². The number of hydrogen-bond donors (Lipinski definition) is 2. The standard InChI is InChI=1S/C10H14N4O3/c1-7(2)14(5-9(15)16)10(17)13-8-3-11-6-12-4-8/h3-4,6-7H,5H2,1-2H3,(H,13,17)(H,15,16). The van der Waals surface area contributed by atoms with Gasteiger partial charge >= 0.3 is 12.0 Å². The molecule has 0 unspecified atom stereocenters. The molecule has 0 bridgehead atoms. The number of carbonyl (C=O) groups is 2. The molecule has 0 aliphatic heterocycles. The molecule has 0 saturated heterocycles. The zero-order chi connectivity index (χ0) is 12.8. The molecule has 1 heterocycles. The molecule has 2 amide bonds. The van der Waals surface area contributed by atoms with E-state index in [2.05, 4.69) is 15.3 Å². The van der Waals surface area contributed by atoms with Crippen LogP contribution in [0.5, 0.6) is 0 Å². The van der Waals surface area contributed by atoms with Gasteiger partial charge in [0.1, 0.15) is 12.9 Å². The Balaban J connectivity index is 2.69. The highest BCUT2D eigenvalue weighted by Crippen LogP contribution is 2.05. The third kappa shape index (κ3) is 4.06. The van der Waals surface area contributed by atoms with Gasteiger partial charge in [-0.1, -0.05) is 0 Å². The first-order chi connectivity index (χ1) is 8.00. The topological polar surface area (TPSA) is 95.4 Å². The van der Waals surface area contributed by atoms with E-state index in [1.165, 1.54) is 23.6 Å². The fourth-order valence-electron chi connectivity index (χ4n) is 1.19. The fraction of sp³-hybridized carbons (Fsp3) is 0.400. The van der Waals surface area contributed by atoms with E-state index < -0.39 is 12.0 Å². The number of amides is 2. The summed E-state index contributed by atoms with van der Waals surface area (Å²) in [5, 5.41) is 11.2. The summed E-state index contributed by atoms with van der Waals surface area (Å²) in [6.45, 7) is 3.13. The van der Waals surface area contributed by atoms with Crippen LogP contribution in [0.3, 0.4) is 0 Å². The first kappa shape index (κ1) is 12.9. The average molecular weight is 238 g/mol. The number of nitrogens with one attached hydrogen (secondary N) is 1. The van der Waals surface area contributed by atoms with Crippen LogP contribution in [0.25, 0.3) is 0 Å². The lowest BCUT2D eigenvalue weighted by Gasteiger charge is -2.24. The number of anilines is 1. The summed E-state index contributed by atoms with van der Waals surface area (Å²) in [5.41, 5.74) is 0.425. The summed E-state index contributed by atoms with van der Waals surface area (Å²) in [6, 6.07) is -0.701. The Bertz CT molecular complexity index is 394. The van der Waals surface area contributed by atoms with Gasteiger partial charge < -0.3 is 15.3 Å². The molecule has 0 aliphatic carbocycles. The van der Waals surface area contributed by atoms with Gasteiger partial charge in [-0.3, -0.25) is 4.79 Å². The van der Waals surface area contributed by atoms with Gasteiger partial charge in [-0.15, -0.1) is 0 Å². The molecule has 0 radical (unpaired) electrons. The molecular formula is C10H14N4O3. The molecular weight excluding hydrogens is 224 g/mol. The molecule has 0 aromatic carbocycles. The first-order valence-corrected chi connectivity index (χ1v) is 5.05. The van der Waals surface area contributed by atoms with Crippen LogP contribution in [0.2, 0.25) is 0 Å². The van der Waals surface area contributed by atoms with E-state index in [0.29, 0.717) is 5.69 Å². The van der Waals surface area contributed by atoms with Crippen molar-refractivity contribution in [2.75, 3.05) is 11.9 Å². The Morgan fingerprint density at radius 3 is 2.47 bits per heavy atom. The SMILES string of the molecule is CC(C)N(CC(=O)O)C(=O)Nc1cncnc1. The largest absolute Gasteiger partial charge is 0.480 e. The van der Waals surface area contributed by atoms with Crippen LogP contribution < -0.4 is 5.32 Å². The van der Waals surface area contributed by atoms with Crippen molar-refractivity contribution in [3.8, 4) is 0 Å². The van der Waals surface area contributed by atoms with E-state index in [1.54, 1.807) is 13.8 Å². The zero-order valence-electron chi connectivity index (χ0n) is 9.62. The molecule has 0 saturated carbocycles. The fourth-order valence-corrected chi connectivity index (χ4v) is 1.19. The lowest BCUT2D eigenvalue weighted by molar-refractivity contribution is -0.137. The van der Waals surface area contributed by atoms with Crippen molar-refractivity contribution in [1.82, 2.24) is 14.9 Å². The van der Waals surface area contributed by atoms with E-state index in [9.17, 15) is 9.59 Å². The van der Waals surface area contributed by atoms with Crippen LogP contribution in [0, 0.1) is 0 Å². The van der Waals surface area contributed by atoms with Gasteiger partial charge in [-0.25, -0.2) is 14.8 Å². The number of urea groups is 1. The molecule has 1 rings (SSSR count). The average Bonchev–Trinajstić information content (AvgIpc) is 2.26. The molecule has 7 heteroatoms. The molecule has 0 fully saturated rings. The first-order valence-electron chi connectivity index (χ1n) is 5.05. The molecule has 1 aromatic heterocycles. The molecule has 7 nitrogen and oxygen atoms in total. The zero-order valence-corrected chi connectivity index (χ0v) is 9.62. The number of aromatic nitrogens is 2. The Morgan fingerprint density at radius 1 is 1.41 bits per heavy atom. The van der Waals surface area contributed by atoms with E-state index in [4.69, 9.17) is 5.11 Å². The van der Waals surface area contributed by atoms with E-state index >= 15 is 0 Å². The summed E-state index contributed by atoms with van der Waals surface area (Å²) in [4.78, 5) is 31.1. The number of carboxylic acids is 1. The number of hydrogen-bond acceptors (Lipinski definition) is 4. The lowest BCUT2D eigenvalue weighted by atomic mass is 10.3. The third-order valence-electron chi connectivity index (χ3n) is 2.00. The molecule has 0 spiro atoms. The van der Waals surface area contributed by atoms with Gasteiger partial charge in [-0.2, -0.15) is 0 Å². The Labute approximate surface area is 98.5 Å². The lowest BCUT2D eigenvalue weighted by Crippen LogP contribution is -2.43. The maximum Gasteiger partial charge on any atom is 0.323 e. The highest BCUT2D eigenvalue weighted by Gasteiger charge is 2.19. The summed E-state index contributed by atoms with van der Waals surface area (Å²) in [7, 11) is 0. The second-order valence-corrected chi connectivity index (χ2v) is 3.67. The van der Waals surface area contributed by atoms with Crippen LogP contribution in [0.1, 0.15) is 13.8 Å². The molecule has 0 atom stereocenters. The minimum atomic E-state index is -1.06. The molecule has 1 aromatic rings. The predicted octanol–water partition coefficient (Wildman–Crippen LogP) is 0.803. The van der Waals surface area contributed by atoms with E-state index in [-0.39, 0.29) is 12.6 Å². The summed E-state index contributed by atoms with van der Waals surface area (Å²) in [5.74, 6) is -1.06. The molecule has 92 valence electrons. The summed E-state index contributed by atoms with van der Waals surface area (Å²) >= 11 is 0. The minimum Gasteiger partial charge on any atom is -0.480 e. The van der Waals surface area contributed by atoms with Crippen molar-refractivity contribution in [2.45, 2.75) is 19.9 Å². The van der Waals surface area contributed by atoms with Gasteiger partial charge in [0.05, 0.1) is 18.1 Å². The third-order valence-corrected chi connectivity index (χ3v) is 2.00. The quantitative estimate of drug-likeness (QED) is 0.809. The Hall–Kier alpha value is -2.18. The second kappa shape index (κ2) is 5.78. The van der Waals surface area contributed by atoms with Crippen LogP contribution in [0.15, 0.2) is 18.7 Å². The van der Waals surface area contributed by atoms with Gasteiger partial charge in [0, 0.05) is 6.04 Å². The number of aliphatic carboxylic acids is 1. The Kier molecular flexibility index (Phi) is 4.38. The maximum atomic E-state index is 11.8. The second-order valence-electron chi connectivity index (χ2n) is 3.67. The number of carboxylic acid groups (broad SMARTS) is 1. The van der Waals surface area contributed by atoms with Crippen molar-refractivity contribution in [3.63, 3.8) is 0 Å². The van der Waals surface area contributed by atoms with Crippen molar-refractivity contribution in [2.24, 2.45) is 0 Å². The number of rotatable bonds is 4. The van der Waals surface area contributed by atoms with Crippen molar-refractivity contribution in [3.05, 3.63) is 18.7 Å². The van der Waals surface area contributed by atoms with Crippen LogP contribution >= 0.6 is 0 Å². The smallest absolute Gasteiger partial charge is 0.323 e. The Morgan fingerprint density at radius 2 is 2.00 bits per heavy atom. The monoisotopic (exact) mass is 238 g/mol. The summed E-state index contributed by atoms with van der Waals surface area (Å²) < 4.78 is 0. The van der Waals surface area contributed by atoms with E-state index in [1.807, 2.05) is 0 Å². The van der Waals surface area contributed by atoms with Crippen molar-refractivity contribution < 1.29 is 14.7 Å². The minimum absolute atomic E-state index is 0.212. The molecule has 2 N–H and O–H groups in total. The normalized spacial score (nSPS) is 10.1. The van der Waals surface area contributed by atoms with Crippen molar-refractivity contribution >= 4 is 17.7 Å². The van der Waals surface area contributed by atoms with Crippen LogP contribution in [0.4, 0.5) is 10.5 Å². The van der Waals surface area contributed by atoms with Crippen LogP contribution in [-0.2, 0) is 4.79 Å². The van der Waals surface area contributed by atoms with Crippen molar-refractivity contribution in [1.29, 1.82) is 0 Å². The van der Waals surface area contributed by atoms with Gasteiger partial charge in [0.25, 0.3) is 0 Å². The predicted molar refractivity (Wildman–Crippen MR) is 60.5 cm³/mol. The molecule has 0 aliphatic rings. The maximum absolute atomic E-state index is 11.8. The van der Waals surface area contributed by atoms with Crippen LogP contribution in [-0.4, -0.2) is 44.6 Å².